The molecule has 0 amide bonds. The molecule has 1 nitrogen and oxygen atoms in total. The van der Waals surface area contributed by atoms with Gasteiger partial charge >= 0.3 is 0 Å². The number of hydrogen-bond donors (Lipinski definition) is 0. The second-order valence-electron chi connectivity index (χ2n) is 6.40. The third-order valence-corrected chi connectivity index (χ3v) is 4.73. The lowest BCUT2D eigenvalue weighted by Gasteiger charge is -2.30. The van der Waals surface area contributed by atoms with Gasteiger partial charge < -0.3 is 4.42 Å². The van der Waals surface area contributed by atoms with Gasteiger partial charge in [-0.25, -0.2) is 0 Å². The fraction of sp³-hybridized carbons (Fsp3) is 0.238. The number of fused-ring (bicyclic) bond motifs is 1. The number of hydrogen-bond acceptors (Lipinski definition) is 1. The van der Waals surface area contributed by atoms with E-state index in [0.29, 0.717) is 5.92 Å². The van der Waals surface area contributed by atoms with Crippen molar-refractivity contribution in [3.63, 3.8) is 0 Å². The summed E-state index contributed by atoms with van der Waals surface area (Å²) < 4.78 is 5.55. The van der Waals surface area contributed by atoms with Gasteiger partial charge in [0.1, 0.15) is 5.76 Å². The van der Waals surface area contributed by atoms with E-state index in [1.165, 1.54) is 35.1 Å². The molecular weight excluding hydrogens is 268 g/mol. The Morgan fingerprint density at radius 2 is 1.86 bits per heavy atom. The molecule has 0 bridgehead atoms. The molecule has 1 heteroatoms. The van der Waals surface area contributed by atoms with Crippen molar-refractivity contribution in [3.05, 3.63) is 83.6 Å². The highest BCUT2D eigenvalue weighted by molar-refractivity contribution is 5.59. The predicted molar refractivity (Wildman–Crippen MR) is 89.9 cm³/mol. The smallest absolute Gasteiger partial charge is 0.133 e. The van der Waals surface area contributed by atoms with Gasteiger partial charge in [-0.2, -0.15) is 0 Å². The first-order chi connectivity index (χ1) is 10.8. The van der Waals surface area contributed by atoms with E-state index in [1.54, 1.807) is 6.26 Å². The summed E-state index contributed by atoms with van der Waals surface area (Å²) in [5.41, 5.74) is 5.57. The quantitative estimate of drug-likeness (QED) is 0.593. The summed E-state index contributed by atoms with van der Waals surface area (Å²) >= 11 is 0. The van der Waals surface area contributed by atoms with Gasteiger partial charge in [-0.3, -0.25) is 0 Å². The first-order valence-electron chi connectivity index (χ1n) is 8.03. The molecule has 0 saturated carbocycles. The third-order valence-electron chi connectivity index (χ3n) is 4.73. The summed E-state index contributed by atoms with van der Waals surface area (Å²) in [6.07, 6.45) is 4.16. The molecule has 1 aromatic heterocycles. The summed E-state index contributed by atoms with van der Waals surface area (Å²) in [6.45, 7) is 2.36. The first kappa shape index (κ1) is 13.4. The fourth-order valence-electron chi connectivity index (χ4n) is 3.72. The zero-order valence-electron chi connectivity index (χ0n) is 12.8. The number of furan rings is 1. The lowest BCUT2D eigenvalue weighted by atomic mass is 9.74. The van der Waals surface area contributed by atoms with Crippen molar-refractivity contribution in [2.45, 2.75) is 25.7 Å². The van der Waals surface area contributed by atoms with Crippen molar-refractivity contribution in [1.82, 2.24) is 0 Å². The molecule has 1 aliphatic carbocycles. The Hall–Kier alpha value is -2.28. The molecule has 0 fully saturated rings. The maximum absolute atomic E-state index is 5.55. The lowest BCUT2D eigenvalue weighted by molar-refractivity contribution is 0.464. The Labute approximate surface area is 131 Å². The zero-order chi connectivity index (χ0) is 14.9. The summed E-state index contributed by atoms with van der Waals surface area (Å²) in [7, 11) is 0. The largest absolute Gasteiger partial charge is 0.464 e. The number of benzene rings is 2. The SMILES string of the molecule is C[C@H]1Cc2ccccc2[C@@H](c2cccc(-c3ccco3)c2)C1. The van der Waals surface area contributed by atoms with E-state index in [2.05, 4.69) is 55.5 Å². The van der Waals surface area contributed by atoms with Crippen molar-refractivity contribution in [2.75, 3.05) is 0 Å². The molecule has 0 spiro atoms. The third kappa shape index (κ3) is 2.37. The van der Waals surface area contributed by atoms with Gasteiger partial charge in [-0.05, 0) is 53.6 Å². The molecule has 4 rings (SSSR count). The standard InChI is InChI=1S/C21H20O/c1-15-12-16-6-2-3-9-19(16)20(13-15)17-7-4-8-18(14-17)21-10-5-11-22-21/h2-11,14-15,20H,12-13H2,1H3/t15-,20+/m0/s1. The molecule has 0 radical (unpaired) electrons. The van der Waals surface area contributed by atoms with Crippen LogP contribution in [0.2, 0.25) is 0 Å². The minimum Gasteiger partial charge on any atom is -0.464 e. The first-order valence-corrected chi connectivity index (χ1v) is 8.03. The average Bonchev–Trinajstić information content (AvgIpc) is 3.09. The molecule has 110 valence electrons. The van der Waals surface area contributed by atoms with E-state index in [1.807, 2.05) is 12.1 Å². The van der Waals surface area contributed by atoms with Gasteiger partial charge in [0.15, 0.2) is 0 Å². The van der Waals surface area contributed by atoms with Crippen LogP contribution in [-0.4, -0.2) is 0 Å². The van der Waals surface area contributed by atoms with Crippen LogP contribution in [-0.2, 0) is 6.42 Å². The van der Waals surface area contributed by atoms with Crippen molar-refractivity contribution < 1.29 is 4.42 Å². The van der Waals surface area contributed by atoms with Crippen LogP contribution in [0.3, 0.4) is 0 Å². The Kier molecular flexibility index (Phi) is 3.34. The van der Waals surface area contributed by atoms with Crippen LogP contribution >= 0.6 is 0 Å². The maximum Gasteiger partial charge on any atom is 0.133 e. The van der Waals surface area contributed by atoms with E-state index in [0.717, 1.165) is 11.7 Å². The highest BCUT2D eigenvalue weighted by Crippen LogP contribution is 2.40. The molecule has 1 aliphatic rings. The Morgan fingerprint density at radius 1 is 0.955 bits per heavy atom. The second kappa shape index (κ2) is 5.49. The molecule has 3 aromatic rings. The van der Waals surface area contributed by atoms with Crippen LogP contribution in [0.4, 0.5) is 0 Å². The Morgan fingerprint density at radius 3 is 2.73 bits per heavy atom. The minimum absolute atomic E-state index is 0.495. The monoisotopic (exact) mass is 288 g/mol. The zero-order valence-corrected chi connectivity index (χ0v) is 12.8. The molecule has 1 heterocycles. The molecule has 2 aromatic carbocycles. The average molecular weight is 288 g/mol. The van der Waals surface area contributed by atoms with Crippen LogP contribution in [0.1, 0.15) is 36.0 Å². The van der Waals surface area contributed by atoms with Crippen LogP contribution < -0.4 is 0 Å². The molecule has 0 unspecified atom stereocenters. The normalized spacial score (nSPS) is 20.6. The number of rotatable bonds is 2. The van der Waals surface area contributed by atoms with Crippen molar-refractivity contribution in [1.29, 1.82) is 0 Å². The summed E-state index contributed by atoms with van der Waals surface area (Å²) in [6, 6.07) is 21.7. The van der Waals surface area contributed by atoms with E-state index in [4.69, 9.17) is 4.42 Å². The van der Waals surface area contributed by atoms with Gasteiger partial charge in [0.05, 0.1) is 6.26 Å². The Bertz CT molecular complexity index is 770. The minimum atomic E-state index is 0.495. The van der Waals surface area contributed by atoms with Crippen LogP contribution in [0.5, 0.6) is 0 Å². The summed E-state index contributed by atoms with van der Waals surface area (Å²) in [5, 5.41) is 0. The molecule has 0 aliphatic heterocycles. The van der Waals surface area contributed by atoms with Crippen molar-refractivity contribution in [3.8, 4) is 11.3 Å². The van der Waals surface area contributed by atoms with Gasteiger partial charge in [-0.15, -0.1) is 0 Å². The molecule has 0 N–H and O–H groups in total. The highest BCUT2D eigenvalue weighted by atomic mass is 16.3. The van der Waals surface area contributed by atoms with Gasteiger partial charge in [0.25, 0.3) is 0 Å². The topological polar surface area (TPSA) is 13.1 Å². The maximum atomic E-state index is 5.55. The summed E-state index contributed by atoms with van der Waals surface area (Å²) in [5.74, 6) is 2.17. The van der Waals surface area contributed by atoms with Gasteiger partial charge in [0.2, 0.25) is 0 Å². The van der Waals surface area contributed by atoms with Crippen LogP contribution in [0.25, 0.3) is 11.3 Å². The molecule has 2 atom stereocenters. The van der Waals surface area contributed by atoms with Gasteiger partial charge in [0, 0.05) is 11.5 Å². The molecule has 0 saturated heterocycles. The lowest BCUT2D eigenvalue weighted by Crippen LogP contribution is -2.17. The van der Waals surface area contributed by atoms with Crippen molar-refractivity contribution in [2.24, 2.45) is 5.92 Å². The summed E-state index contributed by atoms with van der Waals surface area (Å²) in [4.78, 5) is 0. The molecule has 22 heavy (non-hydrogen) atoms. The van der Waals surface area contributed by atoms with Crippen LogP contribution in [0, 0.1) is 5.92 Å². The second-order valence-corrected chi connectivity index (χ2v) is 6.40. The van der Waals surface area contributed by atoms with E-state index < -0.39 is 0 Å². The predicted octanol–water partition coefficient (Wildman–Crippen LogP) is 5.66. The van der Waals surface area contributed by atoms with Crippen molar-refractivity contribution >= 4 is 0 Å². The van der Waals surface area contributed by atoms with E-state index in [9.17, 15) is 0 Å². The fourth-order valence-corrected chi connectivity index (χ4v) is 3.72. The van der Waals surface area contributed by atoms with Gasteiger partial charge in [-0.1, -0.05) is 49.4 Å². The van der Waals surface area contributed by atoms with E-state index in [-0.39, 0.29) is 0 Å². The Balaban J connectivity index is 1.78. The highest BCUT2D eigenvalue weighted by Gasteiger charge is 2.25. The molecular formula is C21H20O. The van der Waals surface area contributed by atoms with Crippen LogP contribution in [0.15, 0.2) is 71.3 Å². The van der Waals surface area contributed by atoms with E-state index >= 15 is 0 Å².